The van der Waals surface area contributed by atoms with E-state index in [4.69, 9.17) is 13.9 Å². The Morgan fingerprint density at radius 1 is 1.14 bits per heavy atom. The summed E-state index contributed by atoms with van der Waals surface area (Å²) in [6.07, 6.45) is 2.64. The quantitative estimate of drug-likeness (QED) is 0.377. The van der Waals surface area contributed by atoms with Crippen molar-refractivity contribution in [3.63, 3.8) is 0 Å². The third kappa shape index (κ3) is 5.49. The van der Waals surface area contributed by atoms with Gasteiger partial charge in [-0.15, -0.1) is 0 Å². The number of carbonyl (C=O) groups excluding carboxylic acids is 1. The van der Waals surface area contributed by atoms with Crippen molar-refractivity contribution in [3.8, 4) is 17.1 Å². The summed E-state index contributed by atoms with van der Waals surface area (Å²) in [4.78, 5) is 35.0. The molecule has 0 radical (unpaired) electrons. The average Bonchev–Trinajstić information content (AvgIpc) is 3.59. The van der Waals surface area contributed by atoms with Crippen LogP contribution in [0.5, 0.6) is 5.75 Å². The van der Waals surface area contributed by atoms with E-state index in [1.807, 2.05) is 42.5 Å². The number of methoxy groups -OCH3 is 1. The molecule has 1 saturated heterocycles. The summed E-state index contributed by atoms with van der Waals surface area (Å²) >= 11 is 0. The summed E-state index contributed by atoms with van der Waals surface area (Å²) in [7, 11) is 1.63. The highest BCUT2D eigenvalue weighted by Gasteiger charge is 2.24. The minimum Gasteiger partial charge on any atom is -0.497 e. The predicted octanol–water partition coefficient (Wildman–Crippen LogP) is 4.33. The summed E-state index contributed by atoms with van der Waals surface area (Å²) in [5, 5.41) is 0.531. The van der Waals surface area contributed by atoms with Gasteiger partial charge in [-0.1, -0.05) is 12.1 Å². The van der Waals surface area contributed by atoms with Crippen LogP contribution in [0.15, 0.2) is 69.9 Å². The number of nitrogens with one attached hydrogen (secondary N) is 1. The molecule has 1 aliphatic rings. The van der Waals surface area contributed by atoms with Crippen molar-refractivity contribution >= 4 is 16.8 Å². The van der Waals surface area contributed by atoms with Gasteiger partial charge in [-0.3, -0.25) is 9.59 Å². The number of aromatic amines is 1. The topological polar surface area (TPSA) is 97.7 Å². The Morgan fingerprint density at radius 3 is 2.75 bits per heavy atom. The number of H-pyrrole nitrogens is 1. The second kappa shape index (κ2) is 10.8. The number of nitrogens with zero attached hydrogens (tertiary/aromatic N) is 2. The number of rotatable bonds is 9. The predicted molar refractivity (Wildman–Crippen MR) is 136 cm³/mol. The molecular formula is C28H29N3O5. The first-order chi connectivity index (χ1) is 17.6. The van der Waals surface area contributed by atoms with Crippen LogP contribution in [0.4, 0.5) is 0 Å². The maximum absolute atomic E-state index is 13.3. The van der Waals surface area contributed by atoms with E-state index in [-0.39, 0.29) is 30.5 Å². The van der Waals surface area contributed by atoms with Crippen LogP contribution in [0, 0.1) is 0 Å². The molecule has 2 aromatic heterocycles. The SMILES string of the molecule is COc1ccc(-c2ccc(CCC(=O)N(Cc3nc4ccccc4c(=O)[nH]3)CC3CCCO3)o2)cc1. The van der Waals surface area contributed by atoms with Gasteiger partial charge in [0.25, 0.3) is 5.56 Å². The molecule has 0 bridgehead atoms. The van der Waals surface area contributed by atoms with E-state index >= 15 is 0 Å². The summed E-state index contributed by atoms with van der Waals surface area (Å²) in [5.41, 5.74) is 1.35. The zero-order chi connectivity index (χ0) is 24.9. The number of aryl methyl sites for hydroxylation is 1. The fourth-order valence-corrected chi connectivity index (χ4v) is 4.49. The summed E-state index contributed by atoms with van der Waals surface area (Å²) in [6.45, 7) is 1.39. The second-order valence-electron chi connectivity index (χ2n) is 8.93. The van der Waals surface area contributed by atoms with E-state index in [1.54, 1.807) is 30.2 Å². The van der Waals surface area contributed by atoms with Crippen LogP contribution in [0.2, 0.25) is 0 Å². The standard InChI is InChI=1S/C28H29N3O5/c1-34-20-10-8-19(9-11-20)25-14-12-21(36-25)13-15-27(32)31(17-22-5-4-16-35-22)18-26-29-24-7-3-2-6-23(24)28(33)30-26/h2-3,6-12,14,22H,4-5,13,15-18H2,1H3,(H,29,30,33). The van der Waals surface area contributed by atoms with E-state index < -0.39 is 0 Å². The molecule has 1 amide bonds. The van der Waals surface area contributed by atoms with E-state index in [1.165, 1.54) is 0 Å². The third-order valence-electron chi connectivity index (χ3n) is 6.42. The molecule has 36 heavy (non-hydrogen) atoms. The number of carbonyl (C=O) groups is 1. The number of furan rings is 1. The minimum absolute atomic E-state index is 0.00795. The minimum atomic E-state index is -0.207. The van der Waals surface area contributed by atoms with Gasteiger partial charge in [0.1, 0.15) is 23.1 Å². The summed E-state index contributed by atoms with van der Waals surface area (Å²) in [6, 6.07) is 18.7. The molecular weight excluding hydrogens is 458 g/mol. The van der Waals surface area contributed by atoms with Gasteiger partial charge in [-0.05, 0) is 61.4 Å². The lowest BCUT2D eigenvalue weighted by atomic mass is 10.1. The Labute approximate surface area is 208 Å². The molecule has 4 aromatic rings. The van der Waals surface area contributed by atoms with Crippen LogP contribution in [0.3, 0.4) is 0 Å². The number of amides is 1. The Hall–Kier alpha value is -3.91. The van der Waals surface area contributed by atoms with Gasteiger partial charge in [-0.25, -0.2) is 4.98 Å². The van der Waals surface area contributed by atoms with Crippen LogP contribution in [0.1, 0.15) is 30.8 Å². The zero-order valence-corrected chi connectivity index (χ0v) is 20.2. The van der Waals surface area contributed by atoms with Crippen molar-refractivity contribution in [2.24, 2.45) is 0 Å². The third-order valence-corrected chi connectivity index (χ3v) is 6.42. The van der Waals surface area contributed by atoms with Crippen molar-refractivity contribution in [1.82, 2.24) is 14.9 Å². The van der Waals surface area contributed by atoms with Crippen LogP contribution in [0.25, 0.3) is 22.2 Å². The van der Waals surface area contributed by atoms with E-state index in [0.29, 0.717) is 36.3 Å². The number of hydrogen-bond acceptors (Lipinski definition) is 6. The smallest absolute Gasteiger partial charge is 0.258 e. The van der Waals surface area contributed by atoms with Crippen LogP contribution >= 0.6 is 0 Å². The first-order valence-electron chi connectivity index (χ1n) is 12.2. The molecule has 1 N–H and O–H groups in total. The first kappa shape index (κ1) is 23.8. The average molecular weight is 488 g/mol. The van der Waals surface area contributed by atoms with Crippen LogP contribution in [-0.2, 0) is 22.5 Å². The molecule has 2 aromatic carbocycles. The normalized spacial score (nSPS) is 15.3. The fourth-order valence-electron chi connectivity index (χ4n) is 4.49. The van der Waals surface area contributed by atoms with E-state index in [9.17, 15) is 9.59 Å². The molecule has 8 heteroatoms. The highest BCUT2D eigenvalue weighted by molar-refractivity contribution is 5.78. The van der Waals surface area contributed by atoms with Crippen molar-refractivity contribution in [1.29, 1.82) is 0 Å². The lowest BCUT2D eigenvalue weighted by molar-refractivity contribution is -0.133. The van der Waals surface area contributed by atoms with Gasteiger partial charge in [-0.2, -0.15) is 0 Å². The van der Waals surface area contributed by atoms with Gasteiger partial charge < -0.3 is 23.8 Å². The Bertz CT molecular complexity index is 1390. The van der Waals surface area contributed by atoms with E-state index in [0.717, 1.165) is 35.7 Å². The molecule has 0 spiro atoms. The van der Waals surface area contributed by atoms with Crippen molar-refractivity contribution in [3.05, 3.63) is 82.6 Å². The van der Waals surface area contributed by atoms with Gasteiger partial charge in [0.15, 0.2) is 0 Å². The number of para-hydroxylation sites is 1. The number of benzene rings is 2. The van der Waals surface area contributed by atoms with Gasteiger partial charge in [0.2, 0.25) is 5.91 Å². The monoisotopic (exact) mass is 487 g/mol. The lowest BCUT2D eigenvalue weighted by Crippen LogP contribution is -2.38. The summed E-state index contributed by atoms with van der Waals surface area (Å²) in [5.74, 6) is 2.69. The number of aromatic nitrogens is 2. The molecule has 3 heterocycles. The van der Waals surface area contributed by atoms with Gasteiger partial charge in [0, 0.05) is 31.6 Å². The first-order valence-corrected chi connectivity index (χ1v) is 12.2. The van der Waals surface area contributed by atoms with Crippen molar-refractivity contribution < 1.29 is 18.7 Å². The molecule has 5 rings (SSSR count). The molecule has 1 unspecified atom stereocenters. The molecule has 186 valence electrons. The zero-order valence-electron chi connectivity index (χ0n) is 20.2. The number of ether oxygens (including phenoxy) is 2. The number of hydrogen-bond donors (Lipinski definition) is 1. The Morgan fingerprint density at radius 2 is 1.97 bits per heavy atom. The highest BCUT2D eigenvalue weighted by Crippen LogP contribution is 2.25. The van der Waals surface area contributed by atoms with Crippen LogP contribution < -0.4 is 10.3 Å². The molecule has 8 nitrogen and oxygen atoms in total. The molecule has 1 fully saturated rings. The molecule has 1 aliphatic heterocycles. The molecule has 1 atom stereocenters. The largest absolute Gasteiger partial charge is 0.497 e. The molecule has 0 aliphatic carbocycles. The van der Waals surface area contributed by atoms with Gasteiger partial charge in [0.05, 0.1) is 30.7 Å². The van der Waals surface area contributed by atoms with Gasteiger partial charge >= 0.3 is 0 Å². The Kier molecular flexibility index (Phi) is 7.13. The maximum Gasteiger partial charge on any atom is 0.258 e. The number of fused-ring (bicyclic) bond motifs is 1. The van der Waals surface area contributed by atoms with Crippen molar-refractivity contribution in [2.75, 3.05) is 20.3 Å². The van der Waals surface area contributed by atoms with Crippen LogP contribution in [-0.4, -0.2) is 47.1 Å². The maximum atomic E-state index is 13.3. The second-order valence-corrected chi connectivity index (χ2v) is 8.93. The molecule has 0 saturated carbocycles. The summed E-state index contributed by atoms with van der Waals surface area (Å²) < 4.78 is 17.0. The van der Waals surface area contributed by atoms with Crippen molar-refractivity contribution in [2.45, 2.75) is 38.3 Å². The fraction of sp³-hybridized carbons (Fsp3) is 0.321. The lowest BCUT2D eigenvalue weighted by Gasteiger charge is -2.25. The van der Waals surface area contributed by atoms with E-state index in [2.05, 4.69) is 9.97 Å². The highest BCUT2D eigenvalue weighted by atomic mass is 16.5. The Balaban J connectivity index is 1.28.